The van der Waals surface area contributed by atoms with Crippen molar-refractivity contribution in [2.24, 2.45) is 0 Å². The summed E-state index contributed by atoms with van der Waals surface area (Å²) >= 11 is 0. The Kier molecular flexibility index (Phi) is 3.40. The van der Waals surface area contributed by atoms with E-state index in [-0.39, 0.29) is 0 Å². The molecule has 17 heavy (non-hydrogen) atoms. The molecule has 96 valence electrons. The molecule has 5 heteroatoms. The average Bonchev–Trinajstić information content (AvgIpc) is 2.66. The molecule has 0 aliphatic heterocycles. The van der Waals surface area contributed by atoms with E-state index >= 15 is 0 Å². The SMILES string of the molecule is COc1cnn(CCN(C)C)c1C1(O)CCC1. The fraction of sp³-hybridized carbons (Fsp3) is 0.750. The van der Waals surface area contributed by atoms with E-state index in [9.17, 15) is 5.11 Å². The Bertz CT molecular complexity index is 383. The number of nitrogens with zero attached hydrogens (tertiary/aromatic N) is 3. The summed E-state index contributed by atoms with van der Waals surface area (Å²) in [6.45, 7) is 1.67. The van der Waals surface area contributed by atoms with Crippen molar-refractivity contribution >= 4 is 0 Å². The van der Waals surface area contributed by atoms with Crippen LogP contribution in [0.2, 0.25) is 0 Å². The average molecular weight is 239 g/mol. The Labute approximate surface area is 102 Å². The standard InChI is InChI=1S/C12H21N3O2/c1-14(2)7-8-15-11(10(17-3)9-13-15)12(16)5-4-6-12/h9,16H,4-8H2,1-3H3. The van der Waals surface area contributed by atoms with Gasteiger partial charge in [-0.1, -0.05) is 0 Å². The molecule has 2 rings (SSSR count). The fourth-order valence-corrected chi connectivity index (χ4v) is 2.20. The van der Waals surface area contributed by atoms with Gasteiger partial charge in [0.15, 0.2) is 5.75 Å². The normalized spacial score (nSPS) is 18.2. The second-order valence-electron chi connectivity index (χ2n) is 4.97. The molecule has 0 radical (unpaired) electrons. The highest BCUT2D eigenvalue weighted by molar-refractivity contribution is 5.32. The van der Waals surface area contributed by atoms with E-state index in [4.69, 9.17) is 4.74 Å². The molecule has 1 heterocycles. The zero-order valence-electron chi connectivity index (χ0n) is 10.8. The van der Waals surface area contributed by atoms with Gasteiger partial charge in [-0.05, 0) is 33.4 Å². The summed E-state index contributed by atoms with van der Waals surface area (Å²) in [5.74, 6) is 0.700. The summed E-state index contributed by atoms with van der Waals surface area (Å²) in [4.78, 5) is 2.10. The van der Waals surface area contributed by atoms with E-state index in [1.165, 1.54) is 0 Å². The summed E-state index contributed by atoms with van der Waals surface area (Å²) < 4.78 is 7.17. The molecule has 0 atom stereocenters. The summed E-state index contributed by atoms with van der Waals surface area (Å²) in [7, 11) is 5.68. The van der Waals surface area contributed by atoms with Gasteiger partial charge in [-0.15, -0.1) is 0 Å². The maximum Gasteiger partial charge on any atom is 0.162 e. The largest absolute Gasteiger partial charge is 0.493 e. The zero-order chi connectivity index (χ0) is 12.5. The van der Waals surface area contributed by atoms with Gasteiger partial charge in [0, 0.05) is 6.54 Å². The predicted molar refractivity (Wildman–Crippen MR) is 65.1 cm³/mol. The lowest BCUT2D eigenvalue weighted by Gasteiger charge is -2.37. The molecule has 0 amide bonds. The molecule has 1 N–H and O–H groups in total. The predicted octanol–water partition coefficient (Wildman–Crippen LogP) is 0.825. The maximum absolute atomic E-state index is 10.5. The molecule has 0 saturated heterocycles. The summed E-state index contributed by atoms with van der Waals surface area (Å²) in [5.41, 5.74) is 0.113. The molecule has 0 bridgehead atoms. The van der Waals surface area contributed by atoms with Crippen molar-refractivity contribution in [2.45, 2.75) is 31.4 Å². The van der Waals surface area contributed by atoms with Gasteiger partial charge in [0.1, 0.15) is 11.3 Å². The minimum atomic E-state index is -0.728. The molecule has 5 nitrogen and oxygen atoms in total. The summed E-state index contributed by atoms with van der Waals surface area (Å²) in [6, 6.07) is 0. The lowest BCUT2D eigenvalue weighted by Crippen LogP contribution is -2.37. The molecule has 1 aromatic rings. The third-order valence-corrected chi connectivity index (χ3v) is 3.41. The van der Waals surface area contributed by atoms with Crippen LogP contribution in [0.4, 0.5) is 0 Å². The molecule has 0 unspecified atom stereocenters. The molecule has 1 aliphatic carbocycles. The molecular weight excluding hydrogens is 218 g/mol. The first-order chi connectivity index (χ1) is 8.07. The highest BCUT2D eigenvalue weighted by Gasteiger charge is 2.41. The zero-order valence-corrected chi connectivity index (χ0v) is 10.8. The third kappa shape index (κ3) is 2.30. The third-order valence-electron chi connectivity index (χ3n) is 3.41. The number of ether oxygens (including phenoxy) is 1. The maximum atomic E-state index is 10.5. The Morgan fingerprint density at radius 2 is 2.24 bits per heavy atom. The molecule has 1 aromatic heterocycles. The fourth-order valence-electron chi connectivity index (χ4n) is 2.20. The van der Waals surface area contributed by atoms with Crippen molar-refractivity contribution < 1.29 is 9.84 Å². The Balaban J connectivity index is 2.23. The van der Waals surface area contributed by atoms with Crippen LogP contribution in [0.15, 0.2) is 6.20 Å². The van der Waals surface area contributed by atoms with Gasteiger partial charge in [0.2, 0.25) is 0 Å². The Hall–Kier alpha value is -1.07. The van der Waals surface area contributed by atoms with E-state index in [2.05, 4.69) is 10.00 Å². The first-order valence-corrected chi connectivity index (χ1v) is 6.04. The first-order valence-electron chi connectivity index (χ1n) is 6.04. The highest BCUT2D eigenvalue weighted by atomic mass is 16.5. The van der Waals surface area contributed by atoms with Gasteiger partial charge in [-0.2, -0.15) is 5.10 Å². The Morgan fingerprint density at radius 1 is 1.53 bits per heavy atom. The minimum absolute atomic E-state index is 0.700. The molecule has 1 saturated carbocycles. The smallest absolute Gasteiger partial charge is 0.162 e. The quantitative estimate of drug-likeness (QED) is 0.826. The van der Waals surface area contributed by atoms with Crippen molar-refractivity contribution in [1.29, 1.82) is 0 Å². The first kappa shape index (κ1) is 12.4. The molecule has 0 aromatic carbocycles. The summed E-state index contributed by atoms with van der Waals surface area (Å²) in [5, 5.41) is 14.8. The second kappa shape index (κ2) is 4.66. The number of aromatic nitrogens is 2. The molecule has 0 spiro atoms. The molecule has 1 fully saturated rings. The van der Waals surface area contributed by atoms with Crippen molar-refractivity contribution in [3.8, 4) is 5.75 Å². The van der Waals surface area contributed by atoms with Crippen molar-refractivity contribution in [1.82, 2.24) is 14.7 Å². The number of rotatable bonds is 5. The Morgan fingerprint density at radius 3 is 2.71 bits per heavy atom. The minimum Gasteiger partial charge on any atom is -0.493 e. The lowest BCUT2D eigenvalue weighted by molar-refractivity contribution is -0.0482. The number of hydrogen-bond acceptors (Lipinski definition) is 4. The number of likely N-dealkylation sites (N-methyl/N-ethyl adjacent to an activating group) is 1. The van der Waals surface area contributed by atoms with Crippen LogP contribution in [0.5, 0.6) is 5.75 Å². The van der Waals surface area contributed by atoms with E-state index in [1.807, 2.05) is 18.8 Å². The van der Waals surface area contributed by atoms with E-state index in [0.29, 0.717) is 5.75 Å². The van der Waals surface area contributed by atoms with Gasteiger partial charge >= 0.3 is 0 Å². The topological polar surface area (TPSA) is 50.5 Å². The van der Waals surface area contributed by atoms with Crippen LogP contribution in [0, 0.1) is 0 Å². The van der Waals surface area contributed by atoms with Crippen LogP contribution in [-0.4, -0.2) is 47.5 Å². The van der Waals surface area contributed by atoms with Crippen LogP contribution in [0.25, 0.3) is 0 Å². The van der Waals surface area contributed by atoms with Gasteiger partial charge in [-0.3, -0.25) is 4.68 Å². The van der Waals surface area contributed by atoms with Crippen molar-refractivity contribution in [3.63, 3.8) is 0 Å². The number of methoxy groups -OCH3 is 1. The van der Waals surface area contributed by atoms with Crippen LogP contribution < -0.4 is 4.74 Å². The monoisotopic (exact) mass is 239 g/mol. The highest BCUT2D eigenvalue weighted by Crippen LogP contribution is 2.44. The molecule has 1 aliphatic rings. The lowest BCUT2D eigenvalue weighted by atomic mass is 9.77. The number of hydrogen-bond donors (Lipinski definition) is 1. The van der Waals surface area contributed by atoms with Gasteiger partial charge in [-0.25, -0.2) is 0 Å². The van der Waals surface area contributed by atoms with Gasteiger partial charge in [0.05, 0.1) is 19.9 Å². The number of aliphatic hydroxyl groups is 1. The van der Waals surface area contributed by atoms with Crippen LogP contribution in [0.1, 0.15) is 25.0 Å². The van der Waals surface area contributed by atoms with Crippen molar-refractivity contribution in [3.05, 3.63) is 11.9 Å². The van der Waals surface area contributed by atoms with Crippen LogP contribution >= 0.6 is 0 Å². The van der Waals surface area contributed by atoms with E-state index in [0.717, 1.165) is 38.0 Å². The van der Waals surface area contributed by atoms with Gasteiger partial charge in [0.25, 0.3) is 0 Å². The van der Waals surface area contributed by atoms with Crippen molar-refractivity contribution in [2.75, 3.05) is 27.7 Å². The van der Waals surface area contributed by atoms with E-state index in [1.54, 1.807) is 13.3 Å². The van der Waals surface area contributed by atoms with Gasteiger partial charge < -0.3 is 14.7 Å². The van der Waals surface area contributed by atoms with E-state index < -0.39 is 5.60 Å². The summed E-state index contributed by atoms with van der Waals surface area (Å²) in [6.07, 6.45) is 4.37. The molecular formula is C12H21N3O2. The second-order valence-corrected chi connectivity index (χ2v) is 4.97. The van der Waals surface area contributed by atoms with Crippen LogP contribution in [0.3, 0.4) is 0 Å². The van der Waals surface area contributed by atoms with Crippen LogP contribution in [-0.2, 0) is 12.1 Å².